The maximum atomic E-state index is 12.0. The third-order valence-corrected chi connectivity index (χ3v) is 2.87. The average molecular weight is 303 g/mol. The molecule has 5 nitrogen and oxygen atoms in total. The number of furan rings is 1. The fraction of sp³-hybridized carbons (Fsp3) is 0.353. The Morgan fingerprint density at radius 1 is 1.09 bits per heavy atom. The molecule has 0 unspecified atom stereocenters. The first-order valence-electron chi connectivity index (χ1n) is 7.49. The van der Waals surface area contributed by atoms with E-state index in [9.17, 15) is 4.79 Å². The number of nitrogens with one attached hydrogen (secondary N) is 1. The van der Waals surface area contributed by atoms with Crippen LogP contribution in [0, 0.1) is 0 Å². The molecule has 1 aromatic carbocycles. The standard InChI is InChI=1S/C17H21NO4/c1-3-9-20-14-8-7-13(12-16(14)21-10-4-2)18-17(19)15-6-5-11-22-15/h5-8,11-12H,3-4,9-10H2,1-2H3,(H,18,19). The van der Waals surface area contributed by atoms with Gasteiger partial charge in [-0.1, -0.05) is 13.8 Å². The van der Waals surface area contributed by atoms with Gasteiger partial charge in [0.05, 0.1) is 19.5 Å². The van der Waals surface area contributed by atoms with E-state index < -0.39 is 0 Å². The number of carbonyl (C=O) groups is 1. The van der Waals surface area contributed by atoms with Gasteiger partial charge in [-0.25, -0.2) is 0 Å². The van der Waals surface area contributed by atoms with Gasteiger partial charge in [0.25, 0.3) is 5.91 Å². The molecule has 0 fully saturated rings. The smallest absolute Gasteiger partial charge is 0.291 e. The van der Waals surface area contributed by atoms with Gasteiger partial charge < -0.3 is 19.2 Å². The summed E-state index contributed by atoms with van der Waals surface area (Å²) >= 11 is 0. The van der Waals surface area contributed by atoms with Crippen molar-refractivity contribution in [1.82, 2.24) is 0 Å². The van der Waals surface area contributed by atoms with E-state index in [0.29, 0.717) is 30.4 Å². The van der Waals surface area contributed by atoms with E-state index in [-0.39, 0.29) is 11.7 Å². The monoisotopic (exact) mass is 303 g/mol. The Hall–Kier alpha value is -2.43. The Balaban J connectivity index is 2.12. The topological polar surface area (TPSA) is 60.7 Å². The molecule has 1 aromatic heterocycles. The number of ether oxygens (including phenoxy) is 2. The lowest BCUT2D eigenvalue weighted by Crippen LogP contribution is -2.11. The molecule has 2 rings (SSSR count). The molecule has 0 spiro atoms. The molecule has 118 valence electrons. The van der Waals surface area contributed by atoms with Gasteiger partial charge in [-0.3, -0.25) is 4.79 Å². The highest BCUT2D eigenvalue weighted by Crippen LogP contribution is 2.31. The summed E-state index contributed by atoms with van der Waals surface area (Å²) in [5.41, 5.74) is 0.636. The van der Waals surface area contributed by atoms with Crippen molar-refractivity contribution in [2.75, 3.05) is 18.5 Å². The summed E-state index contributed by atoms with van der Waals surface area (Å²) in [5, 5.41) is 2.78. The molecule has 0 saturated heterocycles. The predicted octanol–water partition coefficient (Wildman–Crippen LogP) is 4.11. The minimum Gasteiger partial charge on any atom is -0.490 e. The summed E-state index contributed by atoms with van der Waals surface area (Å²) < 4.78 is 16.4. The van der Waals surface area contributed by atoms with Gasteiger partial charge in [0, 0.05) is 11.8 Å². The SMILES string of the molecule is CCCOc1ccc(NC(=O)c2ccco2)cc1OCCC. The van der Waals surface area contributed by atoms with Crippen LogP contribution in [0.25, 0.3) is 0 Å². The minimum absolute atomic E-state index is 0.266. The number of hydrogen-bond acceptors (Lipinski definition) is 4. The fourth-order valence-corrected chi connectivity index (χ4v) is 1.84. The first-order chi connectivity index (χ1) is 10.7. The van der Waals surface area contributed by atoms with Gasteiger partial charge in [-0.15, -0.1) is 0 Å². The van der Waals surface area contributed by atoms with E-state index >= 15 is 0 Å². The van der Waals surface area contributed by atoms with Crippen molar-refractivity contribution in [2.24, 2.45) is 0 Å². The first kappa shape index (κ1) is 15.9. The zero-order valence-corrected chi connectivity index (χ0v) is 12.9. The van der Waals surface area contributed by atoms with Crippen LogP contribution in [0.5, 0.6) is 11.5 Å². The van der Waals surface area contributed by atoms with Gasteiger partial charge in [-0.2, -0.15) is 0 Å². The third kappa shape index (κ3) is 4.28. The molecule has 1 amide bonds. The second-order valence-electron chi connectivity index (χ2n) is 4.79. The fourth-order valence-electron chi connectivity index (χ4n) is 1.84. The number of benzene rings is 1. The Labute approximate surface area is 130 Å². The Kier molecular flexibility index (Phi) is 5.89. The molecule has 0 radical (unpaired) electrons. The highest BCUT2D eigenvalue weighted by atomic mass is 16.5. The van der Waals surface area contributed by atoms with Crippen molar-refractivity contribution < 1.29 is 18.7 Å². The molecule has 2 aromatic rings. The highest BCUT2D eigenvalue weighted by Gasteiger charge is 2.11. The molecule has 0 atom stereocenters. The molecule has 0 aliphatic heterocycles. The number of rotatable bonds is 8. The van der Waals surface area contributed by atoms with E-state index in [2.05, 4.69) is 5.32 Å². The zero-order chi connectivity index (χ0) is 15.8. The maximum absolute atomic E-state index is 12.0. The van der Waals surface area contributed by atoms with E-state index in [1.54, 1.807) is 30.3 Å². The van der Waals surface area contributed by atoms with Crippen LogP contribution >= 0.6 is 0 Å². The average Bonchev–Trinajstić information content (AvgIpc) is 3.06. The summed E-state index contributed by atoms with van der Waals surface area (Å²) in [6, 6.07) is 8.64. The van der Waals surface area contributed by atoms with Crippen molar-refractivity contribution in [2.45, 2.75) is 26.7 Å². The van der Waals surface area contributed by atoms with E-state index in [0.717, 1.165) is 12.8 Å². The molecule has 22 heavy (non-hydrogen) atoms. The summed E-state index contributed by atoms with van der Waals surface area (Å²) in [6.07, 6.45) is 3.28. The van der Waals surface area contributed by atoms with Gasteiger partial charge >= 0.3 is 0 Å². The lowest BCUT2D eigenvalue weighted by molar-refractivity contribution is 0.0996. The van der Waals surface area contributed by atoms with Crippen molar-refractivity contribution in [3.63, 3.8) is 0 Å². The zero-order valence-electron chi connectivity index (χ0n) is 12.9. The molecule has 0 bridgehead atoms. The van der Waals surface area contributed by atoms with Crippen molar-refractivity contribution in [3.05, 3.63) is 42.4 Å². The van der Waals surface area contributed by atoms with Crippen LogP contribution in [0.2, 0.25) is 0 Å². The van der Waals surface area contributed by atoms with Gasteiger partial charge in [-0.05, 0) is 37.1 Å². The molecular formula is C17H21NO4. The summed E-state index contributed by atoms with van der Waals surface area (Å²) in [4.78, 5) is 12.0. The summed E-state index contributed by atoms with van der Waals surface area (Å²) in [7, 11) is 0. The summed E-state index contributed by atoms with van der Waals surface area (Å²) in [6.45, 7) is 5.30. The molecule has 1 N–H and O–H groups in total. The van der Waals surface area contributed by atoms with E-state index in [4.69, 9.17) is 13.9 Å². The van der Waals surface area contributed by atoms with Crippen LogP contribution in [0.1, 0.15) is 37.2 Å². The number of amides is 1. The second kappa shape index (κ2) is 8.12. The van der Waals surface area contributed by atoms with Gasteiger partial charge in [0.2, 0.25) is 0 Å². The van der Waals surface area contributed by atoms with Gasteiger partial charge in [0.15, 0.2) is 17.3 Å². The molecule has 0 saturated carbocycles. The Bertz CT molecular complexity index is 593. The lowest BCUT2D eigenvalue weighted by atomic mass is 10.2. The van der Waals surface area contributed by atoms with Crippen LogP contribution in [0.15, 0.2) is 41.0 Å². The number of anilines is 1. The normalized spacial score (nSPS) is 10.3. The largest absolute Gasteiger partial charge is 0.490 e. The highest BCUT2D eigenvalue weighted by molar-refractivity contribution is 6.02. The van der Waals surface area contributed by atoms with Crippen molar-refractivity contribution in [1.29, 1.82) is 0 Å². The minimum atomic E-state index is -0.298. The van der Waals surface area contributed by atoms with Crippen molar-refractivity contribution >= 4 is 11.6 Å². The van der Waals surface area contributed by atoms with Crippen LogP contribution in [-0.4, -0.2) is 19.1 Å². The van der Waals surface area contributed by atoms with E-state index in [1.165, 1.54) is 6.26 Å². The molecule has 5 heteroatoms. The van der Waals surface area contributed by atoms with Crippen LogP contribution in [0.4, 0.5) is 5.69 Å². The number of hydrogen-bond donors (Lipinski definition) is 1. The quantitative estimate of drug-likeness (QED) is 0.797. The summed E-state index contributed by atoms with van der Waals surface area (Å²) in [5.74, 6) is 1.29. The second-order valence-corrected chi connectivity index (χ2v) is 4.79. The van der Waals surface area contributed by atoms with Crippen molar-refractivity contribution in [3.8, 4) is 11.5 Å². The maximum Gasteiger partial charge on any atom is 0.291 e. The Morgan fingerprint density at radius 2 is 1.82 bits per heavy atom. The predicted molar refractivity (Wildman–Crippen MR) is 84.7 cm³/mol. The lowest BCUT2D eigenvalue weighted by Gasteiger charge is -2.13. The van der Waals surface area contributed by atoms with E-state index in [1.807, 2.05) is 13.8 Å². The molecule has 0 aliphatic carbocycles. The van der Waals surface area contributed by atoms with Crippen LogP contribution < -0.4 is 14.8 Å². The van der Waals surface area contributed by atoms with Crippen LogP contribution in [-0.2, 0) is 0 Å². The van der Waals surface area contributed by atoms with Gasteiger partial charge in [0.1, 0.15) is 0 Å². The molecule has 0 aliphatic rings. The number of carbonyl (C=O) groups excluding carboxylic acids is 1. The third-order valence-electron chi connectivity index (χ3n) is 2.87. The Morgan fingerprint density at radius 3 is 2.45 bits per heavy atom. The van der Waals surface area contributed by atoms with Crippen LogP contribution in [0.3, 0.4) is 0 Å². The molecular weight excluding hydrogens is 282 g/mol. The molecule has 1 heterocycles. The first-order valence-corrected chi connectivity index (χ1v) is 7.49.